The molecule has 2 heterocycles. The molecular formula is C20H24N6O3. The maximum absolute atomic E-state index is 12.1. The summed E-state index contributed by atoms with van der Waals surface area (Å²) in [6, 6.07) is 8.85. The van der Waals surface area contributed by atoms with Crippen molar-refractivity contribution in [2.75, 3.05) is 40.3 Å². The zero-order valence-electron chi connectivity index (χ0n) is 16.5. The van der Waals surface area contributed by atoms with Crippen molar-refractivity contribution in [3.8, 4) is 23.6 Å². The van der Waals surface area contributed by atoms with Gasteiger partial charge in [-0.2, -0.15) is 10.5 Å². The first-order valence-electron chi connectivity index (χ1n) is 9.14. The van der Waals surface area contributed by atoms with Crippen molar-refractivity contribution >= 4 is 5.91 Å². The third-order valence-corrected chi connectivity index (χ3v) is 4.19. The number of hydrogen-bond donors (Lipinski definition) is 2. The number of likely N-dealkylation sites (tertiary alicyclic amines) is 1. The van der Waals surface area contributed by atoms with E-state index in [4.69, 9.17) is 20.0 Å². The molecule has 9 nitrogen and oxygen atoms in total. The number of benzene rings is 1. The monoisotopic (exact) mass is 396 g/mol. The molecule has 1 amide bonds. The Bertz CT molecular complexity index is 896. The quantitative estimate of drug-likeness (QED) is 0.717. The van der Waals surface area contributed by atoms with Crippen molar-refractivity contribution in [3.63, 3.8) is 0 Å². The Morgan fingerprint density at radius 3 is 2.83 bits per heavy atom. The lowest BCUT2D eigenvalue weighted by Gasteiger charge is -2.10. The second-order valence-corrected chi connectivity index (χ2v) is 6.75. The topological polar surface area (TPSA) is 129 Å². The first kappa shape index (κ1) is 21.9. The summed E-state index contributed by atoms with van der Waals surface area (Å²) in [4.78, 5) is 19.7. The van der Waals surface area contributed by atoms with E-state index < -0.39 is 5.91 Å². The van der Waals surface area contributed by atoms with E-state index in [9.17, 15) is 4.79 Å². The van der Waals surface area contributed by atoms with Crippen LogP contribution in [0, 0.1) is 22.8 Å². The van der Waals surface area contributed by atoms with E-state index in [2.05, 4.69) is 22.6 Å². The molecule has 1 aliphatic rings. The number of aliphatic hydroxyl groups excluding tert-OH is 1. The van der Waals surface area contributed by atoms with E-state index in [1.54, 1.807) is 29.2 Å². The maximum Gasteiger partial charge on any atom is 0.307 e. The number of aliphatic hydroxyl groups is 1. The molecule has 0 radical (unpaired) electrons. The molecule has 1 aromatic carbocycles. The number of likely N-dealkylation sites (N-methyl/N-ethyl adjacent to an activating group) is 1. The number of carbonyl (C=O) groups is 1. The van der Waals surface area contributed by atoms with Crippen molar-refractivity contribution in [1.82, 2.24) is 20.1 Å². The Hall–Kier alpha value is -3.40. The number of nitrogens with zero attached hydrogens (tertiary/aromatic N) is 5. The molecule has 2 aromatic rings. The van der Waals surface area contributed by atoms with Crippen LogP contribution in [-0.4, -0.2) is 72.2 Å². The highest BCUT2D eigenvalue weighted by Crippen LogP contribution is 2.21. The summed E-state index contributed by atoms with van der Waals surface area (Å²) in [5, 5.41) is 28.7. The second kappa shape index (κ2) is 10.8. The molecule has 2 N–H and O–H groups in total. The molecule has 3 rings (SSSR count). The van der Waals surface area contributed by atoms with Gasteiger partial charge in [0.05, 0.1) is 24.4 Å². The Labute approximate surface area is 169 Å². The minimum absolute atomic E-state index is 0.0298. The molecule has 0 bridgehead atoms. The molecule has 29 heavy (non-hydrogen) atoms. The number of rotatable bonds is 5. The van der Waals surface area contributed by atoms with E-state index in [0.717, 1.165) is 13.0 Å². The van der Waals surface area contributed by atoms with Crippen LogP contribution >= 0.6 is 0 Å². The molecule has 9 heteroatoms. The van der Waals surface area contributed by atoms with Gasteiger partial charge in [0.25, 0.3) is 5.89 Å². The van der Waals surface area contributed by atoms with E-state index >= 15 is 0 Å². The van der Waals surface area contributed by atoms with Crippen LogP contribution in [-0.2, 0) is 0 Å². The lowest BCUT2D eigenvalue weighted by Crippen LogP contribution is -2.36. The van der Waals surface area contributed by atoms with Crippen molar-refractivity contribution in [1.29, 1.82) is 10.5 Å². The number of nitriles is 2. The fourth-order valence-corrected chi connectivity index (χ4v) is 2.67. The average Bonchev–Trinajstić information content (AvgIpc) is 3.38. The highest BCUT2D eigenvalue weighted by Gasteiger charge is 2.25. The van der Waals surface area contributed by atoms with Crippen LogP contribution in [0.15, 0.2) is 34.9 Å². The summed E-state index contributed by atoms with van der Waals surface area (Å²) in [5.41, 5.74) is 1.19. The predicted molar refractivity (Wildman–Crippen MR) is 105 cm³/mol. The third kappa shape index (κ3) is 6.61. The first-order chi connectivity index (χ1) is 14.0. The number of nitrogens with one attached hydrogen (secondary N) is 1. The number of amides is 1. The highest BCUT2D eigenvalue weighted by atomic mass is 16.4. The van der Waals surface area contributed by atoms with Crippen molar-refractivity contribution in [2.45, 2.75) is 12.5 Å². The standard InChI is InChI=1S/C16H13N5O2.C4H11NO/c17-7-11-2-1-3-12(6-11)14-8-19-16(23-14)15(22)20-13-4-5-21(9-13)10-18;1-5(2)3-4-6/h1-3,6,8,13H,4-5,9H2,(H,20,22);6H,3-4H2,1-2H3. The van der Waals surface area contributed by atoms with Crippen molar-refractivity contribution in [2.24, 2.45) is 0 Å². The van der Waals surface area contributed by atoms with Crippen LogP contribution < -0.4 is 5.32 Å². The maximum atomic E-state index is 12.1. The molecular weight excluding hydrogens is 372 g/mol. The van der Waals surface area contributed by atoms with Crippen LogP contribution in [0.1, 0.15) is 22.7 Å². The SMILES string of the molecule is CN(C)CCO.N#Cc1cccc(-c2cnc(C(=O)NC3CCN(C#N)C3)o2)c1. The van der Waals surface area contributed by atoms with E-state index in [1.165, 1.54) is 6.20 Å². The lowest BCUT2D eigenvalue weighted by atomic mass is 10.1. The van der Waals surface area contributed by atoms with Crippen LogP contribution in [0.5, 0.6) is 0 Å². The molecule has 1 fully saturated rings. The van der Waals surface area contributed by atoms with Gasteiger partial charge >= 0.3 is 5.91 Å². The molecule has 0 saturated carbocycles. The average molecular weight is 396 g/mol. The summed E-state index contributed by atoms with van der Waals surface area (Å²) in [6.45, 7) is 2.16. The van der Waals surface area contributed by atoms with E-state index in [-0.39, 0.29) is 18.5 Å². The van der Waals surface area contributed by atoms with Crippen LogP contribution in [0.25, 0.3) is 11.3 Å². The van der Waals surface area contributed by atoms with Crippen LogP contribution in [0.2, 0.25) is 0 Å². The van der Waals surface area contributed by atoms with Gasteiger partial charge in [0.15, 0.2) is 12.0 Å². The summed E-state index contributed by atoms with van der Waals surface area (Å²) in [5.74, 6) is -0.00688. The number of oxazole rings is 1. The zero-order chi connectivity index (χ0) is 21.2. The summed E-state index contributed by atoms with van der Waals surface area (Å²) in [6.07, 6.45) is 4.24. The van der Waals surface area contributed by atoms with Gasteiger partial charge in [-0.05, 0) is 32.6 Å². The van der Waals surface area contributed by atoms with E-state index in [1.807, 2.05) is 19.0 Å². The Balaban J connectivity index is 0.000000438. The van der Waals surface area contributed by atoms with Gasteiger partial charge in [0, 0.05) is 31.2 Å². The molecule has 1 aliphatic heterocycles. The van der Waals surface area contributed by atoms with Gasteiger partial charge in [-0.1, -0.05) is 12.1 Å². The third-order valence-electron chi connectivity index (χ3n) is 4.19. The second-order valence-electron chi connectivity index (χ2n) is 6.75. The normalized spacial score (nSPS) is 15.2. The molecule has 0 aliphatic carbocycles. The largest absolute Gasteiger partial charge is 0.432 e. The highest BCUT2D eigenvalue weighted by molar-refractivity contribution is 5.90. The van der Waals surface area contributed by atoms with Gasteiger partial charge in [-0.3, -0.25) is 4.79 Å². The number of carbonyl (C=O) groups excluding carboxylic acids is 1. The van der Waals surface area contributed by atoms with Gasteiger partial charge in [0.2, 0.25) is 0 Å². The molecule has 1 aromatic heterocycles. The molecule has 152 valence electrons. The molecule has 1 saturated heterocycles. The lowest BCUT2D eigenvalue weighted by molar-refractivity contribution is 0.0904. The summed E-state index contributed by atoms with van der Waals surface area (Å²) < 4.78 is 5.48. The smallest absolute Gasteiger partial charge is 0.307 e. The van der Waals surface area contributed by atoms with E-state index in [0.29, 0.717) is 30.0 Å². The minimum atomic E-state index is -0.405. The van der Waals surface area contributed by atoms with Gasteiger partial charge < -0.3 is 24.6 Å². The van der Waals surface area contributed by atoms with Crippen LogP contribution in [0.4, 0.5) is 0 Å². The molecule has 1 unspecified atom stereocenters. The van der Waals surface area contributed by atoms with Gasteiger partial charge in [-0.25, -0.2) is 4.98 Å². The minimum Gasteiger partial charge on any atom is -0.432 e. The van der Waals surface area contributed by atoms with Crippen molar-refractivity contribution in [3.05, 3.63) is 41.9 Å². The van der Waals surface area contributed by atoms with Gasteiger partial charge in [-0.15, -0.1) is 0 Å². The van der Waals surface area contributed by atoms with Gasteiger partial charge in [0.1, 0.15) is 0 Å². The summed E-state index contributed by atoms with van der Waals surface area (Å²) >= 11 is 0. The first-order valence-corrected chi connectivity index (χ1v) is 9.14. The number of hydrogen-bond acceptors (Lipinski definition) is 8. The Morgan fingerprint density at radius 2 is 2.24 bits per heavy atom. The molecule has 1 atom stereocenters. The fraction of sp³-hybridized carbons (Fsp3) is 0.400. The zero-order valence-corrected chi connectivity index (χ0v) is 16.5. The number of aromatic nitrogens is 1. The van der Waals surface area contributed by atoms with Crippen molar-refractivity contribution < 1.29 is 14.3 Å². The Kier molecular flexibility index (Phi) is 8.16. The molecule has 0 spiro atoms. The summed E-state index contributed by atoms with van der Waals surface area (Å²) in [7, 11) is 3.85. The van der Waals surface area contributed by atoms with Crippen LogP contribution in [0.3, 0.4) is 0 Å². The predicted octanol–water partition coefficient (Wildman–Crippen LogP) is 1.04. The fourth-order valence-electron chi connectivity index (χ4n) is 2.67. The Morgan fingerprint density at radius 1 is 1.45 bits per heavy atom.